The summed E-state index contributed by atoms with van der Waals surface area (Å²) in [7, 11) is 0. The summed E-state index contributed by atoms with van der Waals surface area (Å²) in [6.45, 7) is 3.61. The van der Waals surface area contributed by atoms with Crippen LogP contribution in [0.5, 0.6) is 0 Å². The quantitative estimate of drug-likeness (QED) is 0.790. The first-order valence-electron chi connectivity index (χ1n) is 8.39. The molecule has 1 atom stereocenters. The van der Waals surface area contributed by atoms with Crippen LogP contribution in [0.2, 0.25) is 0 Å². The monoisotopic (exact) mass is 328 g/mol. The Bertz CT molecular complexity index is 608. The van der Waals surface area contributed by atoms with Gasteiger partial charge in [-0.25, -0.2) is 4.79 Å². The molecule has 1 aliphatic rings. The maximum absolute atomic E-state index is 12.6. The first-order chi connectivity index (χ1) is 11.3. The molecule has 122 valence electrons. The fourth-order valence-corrected chi connectivity index (χ4v) is 3.56. The number of hydrogen-bond donors (Lipinski definition) is 1. The van der Waals surface area contributed by atoms with E-state index in [1.54, 1.807) is 11.3 Å². The van der Waals surface area contributed by atoms with Gasteiger partial charge in [0, 0.05) is 23.4 Å². The second-order valence-corrected chi connectivity index (χ2v) is 7.17. The standard InChI is InChI=1S/C19H24N2OS/c1-2-15(16-7-4-3-5-8-16)13-20-19(22)21(17-10-11-17)14-18-9-6-12-23-18/h3-9,12,15,17H,2,10-11,13-14H2,1H3,(H,20,22). The van der Waals surface area contributed by atoms with E-state index in [2.05, 4.69) is 48.0 Å². The third-order valence-electron chi connectivity index (χ3n) is 4.42. The summed E-state index contributed by atoms with van der Waals surface area (Å²) in [6, 6.07) is 15.1. The molecular formula is C19H24N2OS. The number of rotatable bonds is 7. The summed E-state index contributed by atoms with van der Waals surface area (Å²) >= 11 is 1.72. The minimum absolute atomic E-state index is 0.0790. The van der Waals surface area contributed by atoms with E-state index in [1.807, 2.05) is 17.0 Å². The largest absolute Gasteiger partial charge is 0.337 e. The van der Waals surface area contributed by atoms with Crippen LogP contribution in [0, 0.1) is 0 Å². The molecule has 0 spiro atoms. The second kappa shape index (κ2) is 7.64. The van der Waals surface area contributed by atoms with Crippen molar-refractivity contribution >= 4 is 17.4 Å². The van der Waals surface area contributed by atoms with Crippen LogP contribution in [-0.2, 0) is 6.54 Å². The Kier molecular flexibility index (Phi) is 5.34. The third-order valence-corrected chi connectivity index (χ3v) is 5.28. The molecule has 2 aromatic rings. The van der Waals surface area contributed by atoms with E-state index in [4.69, 9.17) is 0 Å². The minimum atomic E-state index is 0.0790. The number of nitrogens with one attached hydrogen (secondary N) is 1. The smallest absolute Gasteiger partial charge is 0.317 e. The lowest BCUT2D eigenvalue weighted by atomic mass is 9.97. The molecule has 0 aliphatic heterocycles. The fraction of sp³-hybridized carbons (Fsp3) is 0.421. The van der Waals surface area contributed by atoms with Crippen LogP contribution in [0.4, 0.5) is 4.79 Å². The van der Waals surface area contributed by atoms with E-state index in [0.717, 1.165) is 25.8 Å². The maximum Gasteiger partial charge on any atom is 0.317 e. The van der Waals surface area contributed by atoms with Crippen molar-refractivity contribution in [1.29, 1.82) is 0 Å². The number of amides is 2. The number of thiophene rings is 1. The highest BCUT2D eigenvalue weighted by atomic mass is 32.1. The van der Waals surface area contributed by atoms with Crippen LogP contribution in [0.3, 0.4) is 0 Å². The van der Waals surface area contributed by atoms with Gasteiger partial charge in [-0.05, 0) is 36.3 Å². The Hall–Kier alpha value is -1.81. The summed E-state index contributed by atoms with van der Waals surface area (Å²) in [6.07, 6.45) is 3.29. The number of nitrogens with zero attached hydrogens (tertiary/aromatic N) is 1. The minimum Gasteiger partial charge on any atom is -0.337 e. The molecule has 1 aromatic carbocycles. The zero-order chi connectivity index (χ0) is 16.1. The molecule has 3 nitrogen and oxygen atoms in total. The lowest BCUT2D eigenvalue weighted by Gasteiger charge is -2.24. The van der Waals surface area contributed by atoms with Crippen LogP contribution in [-0.4, -0.2) is 23.5 Å². The first kappa shape index (κ1) is 16.1. The fourth-order valence-electron chi connectivity index (χ4n) is 2.86. The van der Waals surface area contributed by atoms with Gasteiger partial charge in [-0.1, -0.05) is 43.3 Å². The van der Waals surface area contributed by atoms with E-state index >= 15 is 0 Å². The van der Waals surface area contributed by atoms with Crippen molar-refractivity contribution in [2.45, 2.75) is 44.7 Å². The summed E-state index contributed by atoms with van der Waals surface area (Å²) in [5, 5.41) is 5.23. The molecule has 1 saturated carbocycles. The van der Waals surface area contributed by atoms with Gasteiger partial charge >= 0.3 is 6.03 Å². The van der Waals surface area contributed by atoms with Crippen LogP contribution < -0.4 is 5.32 Å². The molecule has 1 N–H and O–H groups in total. The van der Waals surface area contributed by atoms with Crippen LogP contribution in [0.1, 0.15) is 42.5 Å². The Morgan fingerprint density at radius 1 is 1.26 bits per heavy atom. The maximum atomic E-state index is 12.6. The highest BCUT2D eigenvalue weighted by Gasteiger charge is 2.32. The Labute approximate surface area is 142 Å². The Morgan fingerprint density at radius 3 is 2.65 bits per heavy atom. The number of carbonyl (C=O) groups is 1. The molecule has 1 aromatic heterocycles. The zero-order valence-electron chi connectivity index (χ0n) is 13.6. The first-order valence-corrected chi connectivity index (χ1v) is 9.27. The molecule has 1 heterocycles. The normalized spacial score (nSPS) is 15.2. The molecule has 1 aliphatic carbocycles. The SMILES string of the molecule is CCC(CNC(=O)N(Cc1cccs1)C1CC1)c1ccccc1. The molecule has 3 rings (SSSR count). The molecule has 0 bridgehead atoms. The van der Waals surface area contributed by atoms with E-state index in [-0.39, 0.29) is 6.03 Å². The van der Waals surface area contributed by atoms with Gasteiger partial charge in [0.25, 0.3) is 0 Å². The van der Waals surface area contributed by atoms with Crippen molar-refractivity contribution in [2.24, 2.45) is 0 Å². The van der Waals surface area contributed by atoms with Gasteiger partial charge in [0.05, 0.1) is 6.54 Å². The molecular weight excluding hydrogens is 304 g/mol. The van der Waals surface area contributed by atoms with E-state index in [0.29, 0.717) is 18.5 Å². The summed E-state index contributed by atoms with van der Waals surface area (Å²) in [5.74, 6) is 0.378. The van der Waals surface area contributed by atoms with Gasteiger partial charge in [0.15, 0.2) is 0 Å². The van der Waals surface area contributed by atoms with Gasteiger partial charge < -0.3 is 10.2 Å². The molecule has 0 saturated heterocycles. The zero-order valence-corrected chi connectivity index (χ0v) is 14.4. The molecule has 23 heavy (non-hydrogen) atoms. The number of urea groups is 1. The topological polar surface area (TPSA) is 32.3 Å². The Morgan fingerprint density at radius 2 is 2.04 bits per heavy atom. The molecule has 1 unspecified atom stereocenters. The number of carbonyl (C=O) groups excluding carboxylic acids is 1. The predicted molar refractivity (Wildman–Crippen MR) is 95.8 cm³/mol. The van der Waals surface area contributed by atoms with Crippen molar-refractivity contribution in [1.82, 2.24) is 10.2 Å². The van der Waals surface area contributed by atoms with Gasteiger partial charge in [-0.15, -0.1) is 11.3 Å². The van der Waals surface area contributed by atoms with Crippen molar-refractivity contribution in [2.75, 3.05) is 6.54 Å². The molecule has 2 amide bonds. The average molecular weight is 328 g/mol. The second-order valence-electron chi connectivity index (χ2n) is 6.14. The highest BCUT2D eigenvalue weighted by Crippen LogP contribution is 2.29. The van der Waals surface area contributed by atoms with Crippen LogP contribution in [0.15, 0.2) is 47.8 Å². The van der Waals surface area contributed by atoms with E-state index in [1.165, 1.54) is 10.4 Å². The molecule has 4 heteroatoms. The number of benzene rings is 1. The molecule has 0 radical (unpaired) electrons. The van der Waals surface area contributed by atoms with Crippen molar-refractivity contribution in [3.05, 3.63) is 58.3 Å². The van der Waals surface area contributed by atoms with Crippen LogP contribution in [0.25, 0.3) is 0 Å². The summed E-state index contributed by atoms with van der Waals surface area (Å²) < 4.78 is 0. The average Bonchev–Trinajstić information content (AvgIpc) is 3.30. The lowest BCUT2D eigenvalue weighted by molar-refractivity contribution is 0.192. The van der Waals surface area contributed by atoms with E-state index in [9.17, 15) is 4.79 Å². The van der Waals surface area contributed by atoms with Gasteiger partial charge in [0.2, 0.25) is 0 Å². The predicted octanol–water partition coefficient (Wildman–Crippen LogP) is 4.62. The van der Waals surface area contributed by atoms with Gasteiger partial charge in [0.1, 0.15) is 0 Å². The van der Waals surface area contributed by atoms with Gasteiger partial charge in [-0.3, -0.25) is 0 Å². The van der Waals surface area contributed by atoms with Crippen molar-refractivity contribution in [3.8, 4) is 0 Å². The number of hydrogen-bond acceptors (Lipinski definition) is 2. The van der Waals surface area contributed by atoms with E-state index < -0.39 is 0 Å². The lowest BCUT2D eigenvalue weighted by Crippen LogP contribution is -2.42. The highest BCUT2D eigenvalue weighted by molar-refractivity contribution is 7.09. The summed E-state index contributed by atoms with van der Waals surface area (Å²) in [5.41, 5.74) is 1.30. The van der Waals surface area contributed by atoms with Gasteiger partial charge in [-0.2, -0.15) is 0 Å². The van der Waals surface area contributed by atoms with Crippen molar-refractivity contribution < 1.29 is 4.79 Å². The Balaban J connectivity index is 1.58. The van der Waals surface area contributed by atoms with Crippen molar-refractivity contribution in [3.63, 3.8) is 0 Å². The van der Waals surface area contributed by atoms with Crippen LogP contribution >= 0.6 is 11.3 Å². The third kappa shape index (κ3) is 4.35. The molecule has 1 fully saturated rings. The summed E-state index contributed by atoms with van der Waals surface area (Å²) in [4.78, 5) is 15.9.